The number of benzene rings is 1. The third kappa shape index (κ3) is 4.71. The summed E-state index contributed by atoms with van der Waals surface area (Å²) in [6.45, 7) is 0.289. The van der Waals surface area contributed by atoms with E-state index in [2.05, 4.69) is 17.2 Å². The summed E-state index contributed by atoms with van der Waals surface area (Å²) in [5.41, 5.74) is 0.970. The summed E-state index contributed by atoms with van der Waals surface area (Å²) >= 11 is 1.28. The smallest absolute Gasteiger partial charge is 0.261 e. The summed E-state index contributed by atoms with van der Waals surface area (Å²) < 4.78 is 12.8. The fourth-order valence-corrected chi connectivity index (χ4v) is 2.51. The number of aliphatic hydroxyl groups excluding tert-OH is 1. The van der Waals surface area contributed by atoms with Crippen molar-refractivity contribution in [1.82, 2.24) is 5.32 Å². The topological polar surface area (TPSA) is 49.3 Å². The Morgan fingerprint density at radius 2 is 2.00 bits per heavy atom. The molecule has 0 saturated heterocycles. The maximum absolute atomic E-state index is 12.8. The maximum Gasteiger partial charge on any atom is 0.261 e. The summed E-state index contributed by atoms with van der Waals surface area (Å²) in [4.78, 5) is 13.2. The fourth-order valence-electron chi connectivity index (χ4n) is 1.71. The largest absolute Gasteiger partial charge is 0.384 e. The Hall–Kier alpha value is -2.16. The molecule has 0 atom stereocenters. The van der Waals surface area contributed by atoms with E-state index in [-0.39, 0.29) is 18.3 Å². The second kappa shape index (κ2) is 7.58. The van der Waals surface area contributed by atoms with Crippen molar-refractivity contribution in [2.24, 2.45) is 0 Å². The summed E-state index contributed by atoms with van der Waals surface area (Å²) in [6.07, 6.45) is 0.647. The van der Waals surface area contributed by atoms with Crippen LogP contribution in [-0.2, 0) is 6.42 Å². The molecular weight excluding hydrogens is 289 g/mol. The first-order chi connectivity index (χ1) is 10.2. The van der Waals surface area contributed by atoms with Gasteiger partial charge in [-0.2, -0.15) is 0 Å². The van der Waals surface area contributed by atoms with Crippen molar-refractivity contribution in [2.75, 3.05) is 13.2 Å². The molecule has 1 aromatic heterocycles. The summed E-state index contributed by atoms with van der Waals surface area (Å²) in [7, 11) is 0. The second-order valence-electron chi connectivity index (χ2n) is 4.26. The van der Waals surface area contributed by atoms with E-state index in [1.165, 1.54) is 23.5 Å². The van der Waals surface area contributed by atoms with Gasteiger partial charge in [0.2, 0.25) is 0 Å². The third-order valence-electron chi connectivity index (χ3n) is 2.73. The van der Waals surface area contributed by atoms with Crippen molar-refractivity contribution in [1.29, 1.82) is 0 Å². The lowest BCUT2D eigenvalue weighted by Crippen LogP contribution is -2.24. The van der Waals surface area contributed by atoms with Gasteiger partial charge in [0, 0.05) is 6.54 Å². The highest BCUT2D eigenvalue weighted by Gasteiger charge is 2.07. The predicted octanol–water partition coefficient (Wildman–Crippen LogP) is 2.20. The number of carbonyl (C=O) groups is 1. The molecule has 1 aromatic carbocycles. The van der Waals surface area contributed by atoms with E-state index in [0.29, 0.717) is 17.8 Å². The lowest BCUT2D eigenvalue weighted by molar-refractivity contribution is 0.0958. The molecule has 21 heavy (non-hydrogen) atoms. The Morgan fingerprint density at radius 3 is 2.71 bits per heavy atom. The molecule has 1 heterocycles. The molecule has 5 heteroatoms. The predicted molar refractivity (Wildman–Crippen MR) is 80.7 cm³/mol. The molecule has 0 aliphatic rings. The summed E-state index contributed by atoms with van der Waals surface area (Å²) in [5.74, 6) is 4.88. The van der Waals surface area contributed by atoms with Gasteiger partial charge in [-0.3, -0.25) is 4.79 Å². The molecule has 2 aromatic rings. The summed E-state index contributed by atoms with van der Waals surface area (Å²) in [6, 6.07) is 9.68. The van der Waals surface area contributed by atoms with Crippen LogP contribution >= 0.6 is 11.3 Å². The SMILES string of the molecule is O=C(NCCc1ccc(F)cc1)c1ccc(C#CCO)s1. The molecule has 0 spiro atoms. The van der Waals surface area contributed by atoms with Gasteiger partial charge in [-0.15, -0.1) is 11.3 Å². The van der Waals surface area contributed by atoms with Crippen LogP contribution in [0.2, 0.25) is 0 Å². The van der Waals surface area contributed by atoms with Crippen LogP contribution < -0.4 is 5.32 Å². The quantitative estimate of drug-likeness (QED) is 0.851. The van der Waals surface area contributed by atoms with Gasteiger partial charge in [-0.25, -0.2) is 4.39 Å². The van der Waals surface area contributed by atoms with E-state index in [1.807, 2.05) is 0 Å². The lowest BCUT2D eigenvalue weighted by Gasteiger charge is -2.03. The molecule has 0 saturated carbocycles. The summed E-state index contributed by atoms with van der Waals surface area (Å²) in [5, 5.41) is 11.4. The van der Waals surface area contributed by atoms with E-state index < -0.39 is 0 Å². The molecule has 0 radical (unpaired) electrons. The maximum atomic E-state index is 12.8. The van der Waals surface area contributed by atoms with E-state index >= 15 is 0 Å². The number of nitrogens with one attached hydrogen (secondary N) is 1. The zero-order valence-electron chi connectivity index (χ0n) is 11.2. The van der Waals surface area contributed by atoms with Crippen molar-refractivity contribution in [2.45, 2.75) is 6.42 Å². The second-order valence-corrected chi connectivity index (χ2v) is 5.34. The van der Waals surface area contributed by atoms with Crippen molar-refractivity contribution < 1.29 is 14.3 Å². The number of hydrogen-bond acceptors (Lipinski definition) is 3. The van der Waals surface area contributed by atoms with Crippen LogP contribution in [0.15, 0.2) is 36.4 Å². The molecule has 2 N–H and O–H groups in total. The average molecular weight is 303 g/mol. The van der Waals surface area contributed by atoms with Gasteiger partial charge in [-0.1, -0.05) is 24.0 Å². The minimum Gasteiger partial charge on any atom is -0.384 e. The van der Waals surface area contributed by atoms with Crippen LogP contribution in [-0.4, -0.2) is 24.2 Å². The number of aliphatic hydroxyl groups is 1. The Morgan fingerprint density at radius 1 is 1.24 bits per heavy atom. The zero-order valence-corrected chi connectivity index (χ0v) is 12.0. The lowest BCUT2D eigenvalue weighted by atomic mass is 10.1. The van der Waals surface area contributed by atoms with E-state index in [1.54, 1.807) is 24.3 Å². The average Bonchev–Trinajstić information content (AvgIpc) is 2.96. The van der Waals surface area contributed by atoms with Gasteiger partial charge in [0.05, 0.1) is 9.75 Å². The third-order valence-corrected chi connectivity index (χ3v) is 3.73. The first-order valence-corrected chi connectivity index (χ1v) is 7.23. The van der Waals surface area contributed by atoms with Crippen LogP contribution in [0.1, 0.15) is 20.1 Å². The molecule has 0 aliphatic carbocycles. The highest BCUT2D eigenvalue weighted by Crippen LogP contribution is 2.15. The Bertz CT molecular complexity index is 668. The molecular formula is C16H14FNO2S. The van der Waals surface area contributed by atoms with Gasteiger partial charge in [0.1, 0.15) is 12.4 Å². The zero-order chi connectivity index (χ0) is 15.1. The number of carbonyl (C=O) groups excluding carboxylic acids is 1. The van der Waals surface area contributed by atoms with Gasteiger partial charge >= 0.3 is 0 Å². The van der Waals surface area contributed by atoms with Crippen LogP contribution in [0.5, 0.6) is 0 Å². The molecule has 0 unspecified atom stereocenters. The van der Waals surface area contributed by atoms with Crippen molar-refractivity contribution >= 4 is 17.2 Å². The number of rotatable bonds is 4. The minimum atomic E-state index is -0.266. The molecule has 3 nitrogen and oxygen atoms in total. The van der Waals surface area contributed by atoms with Crippen LogP contribution in [0.25, 0.3) is 0 Å². The van der Waals surface area contributed by atoms with Crippen molar-refractivity contribution in [3.05, 3.63) is 57.5 Å². The Labute approximate surface area is 126 Å². The number of amides is 1. The van der Waals surface area contributed by atoms with Crippen molar-refractivity contribution in [3.8, 4) is 11.8 Å². The number of hydrogen-bond donors (Lipinski definition) is 2. The van der Waals surface area contributed by atoms with Gasteiger partial charge in [0.15, 0.2) is 0 Å². The highest BCUT2D eigenvalue weighted by atomic mass is 32.1. The first-order valence-electron chi connectivity index (χ1n) is 6.41. The van der Waals surface area contributed by atoms with Gasteiger partial charge in [0.25, 0.3) is 5.91 Å². The fraction of sp³-hybridized carbons (Fsp3) is 0.188. The molecule has 2 rings (SSSR count). The van der Waals surface area contributed by atoms with Crippen LogP contribution in [0, 0.1) is 17.7 Å². The monoisotopic (exact) mass is 303 g/mol. The van der Waals surface area contributed by atoms with E-state index in [9.17, 15) is 9.18 Å². The minimum absolute atomic E-state index is 0.154. The number of thiophene rings is 1. The number of halogens is 1. The van der Waals surface area contributed by atoms with E-state index in [0.717, 1.165) is 10.4 Å². The normalized spacial score (nSPS) is 9.81. The van der Waals surface area contributed by atoms with Crippen LogP contribution in [0.4, 0.5) is 4.39 Å². The molecule has 108 valence electrons. The highest BCUT2D eigenvalue weighted by molar-refractivity contribution is 7.14. The standard InChI is InChI=1S/C16H14FNO2S/c17-13-5-3-12(4-6-13)9-10-18-16(20)15-8-7-14(21-15)2-1-11-19/h3-8,19H,9-11H2,(H,18,20). The molecule has 0 bridgehead atoms. The Balaban J connectivity index is 1.84. The van der Waals surface area contributed by atoms with E-state index in [4.69, 9.17) is 5.11 Å². The molecule has 0 aliphatic heterocycles. The van der Waals surface area contributed by atoms with Gasteiger partial charge < -0.3 is 10.4 Å². The van der Waals surface area contributed by atoms with Crippen molar-refractivity contribution in [3.63, 3.8) is 0 Å². The van der Waals surface area contributed by atoms with Crippen LogP contribution in [0.3, 0.4) is 0 Å². The molecule has 0 fully saturated rings. The first kappa shape index (κ1) is 15.2. The van der Waals surface area contributed by atoms with Gasteiger partial charge in [-0.05, 0) is 36.2 Å². The molecule has 1 amide bonds. The Kier molecular flexibility index (Phi) is 5.50.